The highest BCUT2D eigenvalue weighted by Crippen LogP contribution is 2.27. The highest BCUT2D eigenvalue weighted by atomic mass is 32.1. The Kier molecular flexibility index (Phi) is 3.17. The van der Waals surface area contributed by atoms with Gasteiger partial charge in [0.1, 0.15) is 5.01 Å². The SMILES string of the molecule is NC(Cc1cnc[nH]1)c1nn2c(C3CCOC3)nnc2s1. The predicted molar refractivity (Wildman–Crippen MR) is 76.1 cm³/mol. The molecule has 4 rings (SSSR count). The molecule has 0 aromatic carbocycles. The van der Waals surface area contributed by atoms with E-state index in [1.807, 2.05) is 4.52 Å². The molecular formula is C12H15N7OS. The smallest absolute Gasteiger partial charge is 0.234 e. The standard InChI is InChI=1S/C12H15N7OS/c13-9(3-8-4-14-6-15-8)11-18-19-10(7-1-2-20-5-7)16-17-12(19)21-11/h4,6-7,9H,1-3,5,13H2,(H,14,15). The molecule has 1 fully saturated rings. The van der Waals surface area contributed by atoms with Crippen LogP contribution in [0.25, 0.3) is 4.96 Å². The Morgan fingerprint density at radius 1 is 1.52 bits per heavy atom. The summed E-state index contributed by atoms with van der Waals surface area (Å²) in [4.78, 5) is 7.84. The van der Waals surface area contributed by atoms with Crippen molar-refractivity contribution in [2.24, 2.45) is 5.73 Å². The van der Waals surface area contributed by atoms with Crippen LogP contribution in [-0.2, 0) is 11.2 Å². The summed E-state index contributed by atoms with van der Waals surface area (Å²) < 4.78 is 7.22. The Hall–Kier alpha value is -1.84. The first kappa shape index (κ1) is 12.9. The van der Waals surface area contributed by atoms with E-state index in [0.717, 1.165) is 34.5 Å². The molecule has 2 unspecified atom stereocenters. The maximum Gasteiger partial charge on any atom is 0.234 e. The Labute approximate surface area is 124 Å². The van der Waals surface area contributed by atoms with Crippen LogP contribution in [0, 0.1) is 0 Å². The third-order valence-corrected chi connectivity index (χ3v) is 4.67. The minimum absolute atomic E-state index is 0.176. The van der Waals surface area contributed by atoms with E-state index in [-0.39, 0.29) is 12.0 Å². The summed E-state index contributed by atoms with van der Waals surface area (Å²) in [5.74, 6) is 1.15. The molecule has 0 aliphatic carbocycles. The van der Waals surface area contributed by atoms with Gasteiger partial charge in [-0.2, -0.15) is 9.61 Å². The van der Waals surface area contributed by atoms with Crippen molar-refractivity contribution in [3.8, 4) is 0 Å². The van der Waals surface area contributed by atoms with Gasteiger partial charge in [-0.1, -0.05) is 11.3 Å². The van der Waals surface area contributed by atoms with E-state index in [1.165, 1.54) is 11.3 Å². The number of fused-ring (bicyclic) bond motifs is 1. The van der Waals surface area contributed by atoms with E-state index in [2.05, 4.69) is 25.3 Å². The highest BCUT2D eigenvalue weighted by Gasteiger charge is 2.25. The van der Waals surface area contributed by atoms with Crippen LogP contribution in [0.15, 0.2) is 12.5 Å². The summed E-state index contributed by atoms with van der Waals surface area (Å²) >= 11 is 1.48. The van der Waals surface area contributed by atoms with Crippen LogP contribution in [-0.4, -0.2) is 43.0 Å². The summed E-state index contributed by atoms with van der Waals surface area (Å²) in [7, 11) is 0. The number of nitrogens with two attached hydrogens (primary N) is 1. The fraction of sp³-hybridized carbons (Fsp3) is 0.500. The largest absolute Gasteiger partial charge is 0.381 e. The van der Waals surface area contributed by atoms with Crippen molar-refractivity contribution in [2.45, 2.75) is 24.8 Å². The molecule has 0 saturated carbocycles. The quantitative estimate of drug-likeness (QED) is 0.733. The van der Waals surface area contributed by atoms with Crippen LogP contribution in [0.3, 0.4) is 0 Å². The molecule has 0 spiro atoms. The summed E-state index contributed by atoms with van der Waals surface area (Å²) in [5.41, 5.74) is 7.22. The number of aromatic nitrogens is 6. The second-order valence-electron chi connectivity index (χ2n) is 5.14. The summed E-state index contributed by atoms with van der Waals surface area (Å²) in [6, 6.07) is -0.176. The Balaban J connectivity index is 1.61. The lowest BCUT2D eigenvalue weighted by Gasteiger charge is -2.06. The molecule has 0 amide bonds. The van der Waals surface area contributed by atoms with Crippen LogP contribution in [0.5, 0.6) is 0 Å². The predicted octanol–water partition coefficient (Wildman–Crippen LogP) is 0.655. The van der Waals surface area contributed by atoms with Gasteiger partial charge in [-0.3, -0.25) is 0 Å². The number of hydrogen-bond donors (Lipinski definition) is 2. The minimum Gasteiger partial charge on any atom is -0.381 e. The maximum absolute atomic E-state index is 6.23. The van der Waals surface area contributed by atoms with Crippen LogP contribution in [0.1, 0.15) is 34.9 Å². The van der Waals surface area contributed by atoms with Crippen molar-refractivity contribution in [1.29, 1.82) is 0 Å². The van der Waals surface area contributed by atoms with Crippen LogP contribution in [0.2, 0.25) is 0 Å². The maximum atomic E-state index is 6.23. The number of aromatic amines is 1. The number of imidazole rings is 1. The average molecular weight is 305 g/mol. The Bertz CT molecular complexity index is 728. The first-order chi connectivity index (χ1) is 10.3. The molecule has 4 heterocycles. The third kappa shape index (κ3) is 2.33. The second kappa shape index (κ2) is 5.17. The van der Waals surface area contributed by atoms with Gasteiger partial charge >= 0.3 is 0 Å². The zero-order valence-electron chi connectivity index (χ0n) is 11.3. The van der Waals surface area contributed by atoms with Crippen molar-refractivity contribution in [1.82, 2.24) is 29.8 Å². The van der Waals surface area contributed by atoms with Crippen molar-refractivity contribution in [3.63, 3.8) is 0 Å². The van der Waals surface area contributed by atoms with Gasteiger partial charge in [-0.05, 0) is 6.42 Å². The van der Waals surface area contributed by atoms with E-state index in [4.69, 9.17) is 10.5 Å². The van der Waals surface area contributed by atoms with Gasteiger partial charge in [-0.15, -0.1) is 10.2 Å². The monoisotopic (exact) mass is 305 g/mol. The minimum atomic E-state index is -0.176. The highest BCUT2D eigenvalue weighted by molar-refractivity contribution is 7.16. The average Bonchev–Trinajstić information content (AvgIpc) is 3.23. The number of rotatable bonds is 4. The van der Waals surface area contributed by atoms with E-state index < -0.39 is 0 Å². The number of nitrogens with zero attached hydrogens (tertiary/aromatic N) is 5. The van der Waals surface area contributed by atoms with E-state index in [1.54, 1.807) is 12.5 Å². The van der Waals surface area contributed by atoms with Gasteiger partial charge in [0.05, 0.1) is 19.0 Å². The summed E-state index contributed by atoms with van der Waals surface area (Å²) in [6.07, 6.45) is 5.07. The van der Waals surface area contributed by atoms with Crippen LogP contribution in [0.4, 0.5) is 0 Å². The fourth-order valence-corrected chi connectivity index (χ4v) is 3.36. The van der Waals surface area contributed by atoms with Crippen molar-refractivity contribution < 1.29 is 4.74 Å². The third-order valence-electron chi connectivity index (χ3n) is 3.64. The van der Waals surface area contributed by atoms with Gasteiger partial charge < -0.3 is 15.5 Å². The molecule has 1 saturated heterocycles. The summed E-state index contributed by atoms with van der Waals surface area (Å²) in [5, 5.41) is 13.9. The van der Waals surface area contributed by atoms with Gasteiger partial charge in [-0.25, -0.2) is 4.98 Å². The first-order valence-electron chi connectivity index (χ1n) is 6.84. The van der Waals surface area contributed by atoms with Crippen molar-refractivity contribution in [2.75, 3.05) is 13.2 Å². The second-order valence-corrected chi connectivity index (χ2v) is 6.13. The molecular weight excluding hydrogens is 290 g/mol. The number of ether oxygens (including phenoxy) is 1. The number of H-pyrrole nitrogens is 1. The van der Waals surface area contributed by atoms with Gasteiger partial charge in [0.25, 0.3) is 0 Å². The van der Waals surface area contributed by atoms with E-state index in [0.29, 0.717) is 13.0 Å². The zero-order valence-corrected chi connectivity index (χ0v) is 12.1. The number of nitrogens with one attached hydrogen (secondary N) is 1. The van der Waals surface area contributed by atoms with Crippen molar-refractivity contribution >= 4 is 16.3 Å². The molecule has 110 valence electrons. The van der Waals surface area contributed by atoms with E-state index >= 15 is 0 Å². The molecule has 2 atom stereocenters. The molecule has 8 nitrogen and oxygen atoms in total. The van der Waals surface area contributed by atoms with E-state index in [9.17, 15) is 0 Å². The van der Waals surface area contributed by atoms with Gasteiger partial charge in [0.2, 0.25) is 4.96 Å². The molecule has 3 aromatic heterocycles. The Morgan fingerprint density at radius 2 is 2.48 bits per heavy atom. The van der Waals surface area contributed by atoms with Crippen LogP contribution >= 0.6 is 11.3 Å². The lowest BCUT2D eigenvalue weighted by molar-refractivity contribution is 0.193. The molecule has 0 radical (unpaired) electrons. The molecule has 1 aliphatic heterocycles. The normalized spacial score (nSPS) is 20.3. The van der Waals surface area contributed by atoms with Crippen LogP contribution < -0.4 is 5.73 Å². The molecule has 3 N–H and O–H groups in total. The molecule has 1 aliphatic rings. The first-order valence-corrected chi connectivity index (χ1v) is 7.65. The zero-order chi connectivity index (χ0) is 14.2. The summed E-state index contributed by atoms with van der Waals surface area (Å²) in [6.45, 7) is 1.46. The molecule has 21 heavy (non-hydrogen) atoms. The lowest BCUT2D eigenvalue weighted by atomic mass is 10.1. The van der Waals surface area contributed by atoms with Crippen molar-refractivity contribution in [3.05, 3.63) is 29.1 Å². The Morgan fingerprint density at radius 3 is 3.24 bits per heavy atom. The topological polar surface area (TPSA) is 107 Å². The molecule has 3 aromatic rings. The van der Waals surface area contributed by atoms with Gasteiger partial charge in [0, 0.05) is 30.8 Å². The molecule has 0 bridgehead atoms. The fourth-order valence-electron chi connectivity index (χ4n) is 2.51. The lowest BCUT2D eigenvalue weighted by Crippen LogP contribution is -2.14. The van der Waals surface area contributed by atoms with Gasteiger partial charge in [0.15, 0.2) is 5.82 Å². The number of hydrogen-bond acceptors (Lipinski definition) is 7. The molecule has 9 heteroatoms.